The Hall–Kier alpha value is -2.74. The number of hydrazone groups is 1. The molecule has 0 fully saturated rings. The zero-order valence-corrected chi connectivity index (χ0v) is 8.65. The molecule has 92 valence electrons. The fourth-order valence-corrected chi connectivity index (χ4v) is 1.04. The lowest BCUT2D eigenvalue weighted by Gasteiger charge is -2.09. The third-order valence-corrected chi connectivity index (χ3v) is 1.81. The molecule has 18 heavy (non-hydrogen) atoms. The lowest BCUT2D eigenvalue weighted by Crippen LogP contribution is -2.05. The average Bonchev–Trinajstić information content (AvgIpc) is 2.28. The van der Waals surface area contributed by atoms with Gasteiger partial charge in [-0.25, -0.2) is 0 Å². The highest BCUT2D eigenvalue weighted by Gasteiger charge is 2.33. The molecule has 0 bridgehead atoms. The Labute approximate surface area is 99.4 Å². The van der Waals surface area contributed by atoms with E-state index in [-0.39, 0.29) is 5.69 Å². The number of nitrogens with one attached hydrogen (secondary N) is 1. The number of phenolic OH excluding ortho intramolecular Hbond substituents is 1. The number of alkyl halides is 3. The first-order valence-corrected chi connectivity index (χ1v) is 4.42. The fraction of sp³-hybridized carbons (Fsp3) is 0.100. The van der Waals surface area contributed by atoms with Gasteiger partial charge in [-0.2, -0.15) is 28.8 Å². The van der Waals surface area contributed by atoms with Crippen LogP contribution >= 0.6 is 0 Å². The van der Waals surface area contributed by atoms with E-state index in [1.165, 1.54) is 12.1 Å². The highest BCUT2D eigenvalue weighted by atomic mass is 19.4. The molecule has 1 aromatic carbocycles. The molecule has 0 saturated carbocycles. The summed E-state index contributed by atoms with van der Waals surface area (Å²) >= 11 is 0. The minimum absolute atomic E-state index is 0.0171. The quantitative estimate of drug-likeness (QED) is 0.625. The van der Waals surface area contributed by atoms with E-state index in [2.05, 4.69) is 10.5 Å². The van der Waals surface area contributed by atoms with E-state index in [1.807, 2.05) is 0 Å². The van der Waals surface area contributed by atoms with Crippen molar-refractivity contribution in [3.8, 4) is 17.9 Å². The van der Waals surface area contributed by atoms with Crippen LogP contribution in [0.3, 0.4) is 0 Å². The van der Waals surface area contributed by atoms with Crippen molar-refractivity contribution in [1.29, 1.82) is 10.5 Å². The first kappa shape index (κ1) is 13.3. The second-order valence-corrected chi connectivity index (χ2v) is 3.03. The van der Waals surface area contributed by atoms with Crippen LogP contribution in [0, 0.1) is 22.7 Å². The van der Waals surface area contributed by atoms with Gasteiger partial charge in [-0.05, 0) is 12.1 Å². The SMILES string of the molecule is N#CC(C#N)=NNc1ccc(C(F)(F)F)c(O)c1. The van der Waals surface area contributed by atoms with Gasteiger partial charge in [0.1, 0.15) is 17.9 Å². The maximum absolute atomic E-state index is 12.3. The Bertz CT molecular complexity index is 550. The highest BCUT2D eigenvalue weighted by Crippen LogP contribution is 2.36. The predicted octanol–water partition coefficient (Wildman–Crippen LogP) is 2.23. The molecular weight excluding hydrogens is 249 g/mol. The zero-order valence-electron chi connectivity index (χ0n) is 8.65. The van der Waals surface area contributed by atoms with Crippen molar-refractivity contribution in [2.75, 3.05) is 5.43 Å². The third kappa shape index (κ3) is 3.12. The molecule has 0 aliphatic carbocycles. The molecule has 1 aromatic rings. The van der Waals surface area contributed by atoms with E-state index in [0.717, 1.165) is 12.1 Å². The molecule has 1 rings (SSSR count). The van der Waals surface area contributed by atoms with Gasteiger partial charge < -0.3 is 5.11 Å². The molecule has 0 aliphatic heterocycles. The van der Waals surface area contributed by atoms with Crippen molar-refractivity contribution < 1.29 is 18.3 Å². The Morgan fingerprint density at radius 1 is 1.28 bits per heavy atom. The van der Waals surface area contributed by atoms with E-state index in [9.17, 15) is 13.2 Å². The predicted molar refractivity (Wildman–Crippen MR) is 55.4 cm³/mol. The van der Waals surface area contributed by atoms with E-state index < -0.39 is 23.2 Å². The average molecular weight is 254 g/mol. The number of hydrogen-bond acceptors (Lipinski definition) is 5. The standard InChI is InChI=1S/C10H5F3N4O/c11-10(12,13)8-2-1-6(3-9(8)18)16-17-7(4-14)5-15/h1-3,16,18H. The molecular formula is C10H5F3N4O. The summed E-state index contributed by atoms with van der Waals surface area (Å²) in [6.07, 6.45) is -4.66. The van der Waals surface area contributed by atoms with Crippen molar-refractivity contribution in [2.24, 2.45) is 5.10 Å². The van der Waals surface area contributed by atoms with Gasteiger partial charge in [0.25, 0.3) is 0 Å². The molecule has 0 radical (unpaired) electrons. The number of hydrogen-bond donors (Lipinski definition) is 2. The van der Waals surface area contributed by atoms with Gasteiger partial charge in [0, 0.05) is 6.07 Å². The smallest absolute Gasteiger partial charge is 0.419 e. The van der Waals surface area contributed by atoms with Crippen molar-refractivity contribution in [3.63, 3.8) is 0 Å². The zero-order chi connectivity index (χ0) is 13.8. The third-order valence-electron chi connectivity index (χ3n) is 1.81. The Balaban J connectivity index is 2.98. The molecule has 0 heterocycles. The molecule has 5 nitrogen and oxygen atoms in total. The molecule has 0 spiro atoms. The van der Waals surface area contributed by atoms with Crippen LogP contribution in [0.4, 0.5) is 18.9 Å². The van der Waals surface area contributed by atoms with Gasteiger partial charge in [-0.1, -0.05) is 0 Å². The summed E-state index contributed by atoms with van der Waals surface area (Å²) in [5, 5.41) is 29.2. The van der Waals surface area contributed by atoms with Gasteiger partial charge >= 0.3 is 6.18 Å². The number of benzene rings is 1. The van der Waals surface area contributed by atoms with Crippen LogP contribution in [-0.2, 0) is 6.18 Å². The Kier molecular flexibility index (Phi) is 3.75. The van der Waals surface area contributed by atoms with Crippen LogP contribution in [0.5, 0.6) is 5.75 Å². The lowest BCUT2D eigenvalue weighted by molar-refractivity contribution is -0.138. The van der Waals surface area contributed by atoms with Crippen molar-refractivity contribution in [2.45, 2.75) is 6.18 Å². The van der Waals surface area contributed by atoms with Crippen LogP contribution in [0.2, 0.25) is 0 Å². The number of halogens is 3. The lowest BCUT2D eigenvalue weighted by atomic mass is 10.2. The number of rotatable bonds is 2. The number of nitrogens with zero attached hydrogens (tertiary/aromatic N) is 3. The van der Waals surface area contributed by atoms with Gasteiger partial charge in [-0.15, -0.1) is 0 Å². The summed E-state index contributed by atoms with van der Waals surface area (Å²) in [7, 11) is 0. The minimum Gasteiger partial charge on any atom is -0.507 e. The highest BCUT2D eigenvalue weighted by molar-refractivity contribution is 6.10. The maximum atomic E-state index is 12.3. The molecule has 0 saturated heterocycles. The normalized spacial score (nSPS) is 10.1. The molecule has 8 heteroatoms. The van der Waals surface area contributed by atoms with E-state index in [4.69, 9.17) is 15.6 Å². The van der Waals surface area contributed by atoms with Gasteiger partial charge in [0.15, 0.2) is 0 Å². The van der Waals surface area contributed by atoms with E-state index >= 15 is 0 Å². The van der Waals surface area contributed by atoms with E-state index in [1.54, 1.807) is 0 Å². The van der Waals surface area contributed by atoms with E-state index in [0.29, 0.717) is 6.07 Å². The van der Waals surface area contributed by atoms with Crippen LogP contribution in [0.1, 0.15) is 5.56 Å². The van der Waals surface area contributed by atoms with Gasteiger partial charge in [0.05, 0.1) is 11.3 Å². The van der Waals surface area contributed by atoms with Crippen LogP contribution in [-0.4, -0.2) is 10.8 Å². The first-order valence-electron chi connectivity index (χ1n) is 4.42. The topological polar surface area (TPSA) is 92.2 Å². The number of anilines is 1. The Morgan fingerprint density at radius 2 is 1.89 bits per heavy atom. The number of aromatic hydroxyl groups is 1. The molecule has 0 amide bonds. The summed E-state index contributed by atoms with van der Waals surface area (Å²) < 4.78 is 36.9. The second kappa shape index (κ2) is 5.06. The fourth-order valence-electron chi connectivity index (χ4n) is 1.04. The monoisotopic (exact) mass is 254 g/mol. The van der Waals surface area contributed by atoms with Gasteiger partial charge in [0.2, 0.25) is 5.71 Å². The largest absolute Gasteiger partial charge is 0.507 e. The van der Waals surface area contributed by atoms with Crippen LogP contribution < -0.4 is 5.43 Å². The number of nitriles is 2. The summed E-state index contributed by atoms with van der Waals surface area (Å²) in [6.45, 7) is 0. The molecule has 0 atom stereocenters. The van der Waals surface area contributed by atoms with Crippen molar-refractivity contribution in [3.05, 3.63) is 23.8 Å². The molecule has 0 unspecified atom stereocenters. The van der Waals surface area contributed by atoms with Crippen LogP contribution in [0.25, 0.3) is 0 Å². The van der Waals surface area contributed by atoms with Crippen LogP contribution in [0.15, 0.2) is 23.3 Å². The molecule has 0 aromatic heterocycles. The summed E-state index contributed by atoms with van der Waals surface area (Å²) in [5.41, 5.74) is 0.525. The maximum Gasteiger partial charge on any atom is 0.419 e. The molecule has 0 aliphatic rings. The Morgan fingerprint density at radius 3 is 2.33 bits per heavy atom. The summed E-state index contributed by atoms with van der Waals surface area (Å²) in [4.78, 5) is 0. The van der Waals surface area contributed by atoms with Gasteiger partial charge in [-0.3, -0.25) is 5.43 Å². The summed E-state index contributed by atoms with van der Waals surface area (Å²) in [5.74, 6) is -0.974. The number of phenols is 1. The first-order chi connectivity index (χ1) is 8.38. The second-order valence-electron chi connectivity index (χ2n) is 3.03. The summed E-state index contributed by atoms with van der Waals surface area (Å²) in [6, 6.07) is 5.37. The van der Waals surface area contributed by atoms with Crippen molar-refractivity contribution in [1.82, 2.24) is 0 Å². The minimum atomic E-state index is -4.66. The van der Waals surface area contributed by atoms with Crippen molar-refractivity contribution >= 4 is 11.4 Å². The molecule has 2 N–H and O–H groups in total.